The van der Waals surface area contributed by atoms with Gasteiger partial charge in [0.05, 0.1) is 5.92 Å². The summed E-state index contributed by atoms with van der Waals surface area (Å²) in [6, 6.07) is 9.49. The maximum atomic E-state index is 12.0. The number of aromatic nitrogens is 1. The first-order valence-corrected chi connectivity index (χ1v) is 6.04. The molecule has 0 bridgehead atoms. The van der Waals surface area contributed by atoms with Gasteiger partial charge in [0.15, 0.2) is 0 Å². The summed E-state index contributed by atoms with van der Waals surface area (Å²) in [5.41, 5.74) is 0. The number of anilines is 1. The zero-order valence-corrected chi connectivity index (χ0v) is 10.1. The first kappa shape index (κ1) is 11.6. The minimum Gasteiger partial charge on any atom is -0.481 e. The molecule has 1 aliphatic rings. The topological polar surface area (TPSA) is 70.5 Å². The standard InChI is InChI=1S/C14H12N2O3/c17-12-7-10(14(18)19)8-16(12)13-11-4-2-1-3-9(11)5-6-15-13/h1-6,10H,7-8H2,(H,18,19). The fraction of sp³-hybridized carbons (Fsp3) is 0.214. The van der Waals surface area contributed by atoms with Crippen molar-refractivity contribution in [1.29, 1.82) is 0 Å². The molecular weight excluding hydrogens is 244 g/mol. The van der Waals surface area contributed by atoms with Crippen molar-refractivity contribution in [3.05, 3.63) is 36.5 Å². The van der Waals surface area contributed by atoms with Crippen molar-refractivity contribution in [3.8, 4) is 0 Å². The first-order valence-electron chi connectivity index (χ1n) is 6.04. The number of carbonyl (C=O) groups excluding carboxylic acids is 1. The van der Waals surface area contributed by atoms with E-state index in [9.17, 15) is 9.59 Å². The van der Waals surface area contributed by atoms with Crippen molar-refractivity contribution in [2.75, 3.05) is 11.4 Å². The fourth-order valence-electron chi connectivity index (χ4n) is 2.40. The number of carbonyl (C=O) groups is 2. The number of benzene rings is 1. The van der Waals surface area contributed by atoms with Crippen molar-refractivity contribution in [2.24, 2.45) is 5.92 Å². The van der Waals surface area contributed by atoms with Crippen LogP contribution in [-0.2, 0) is 9.59 Å². The van der Waals surface area contributed by atoms with Gasteiger partial charge in [-0.2, -0.15) is 0 Å². The highest BCUT2D eigenvalue weighted by atomic mass is 16.4. The first-order chi connectivity index (χ1) is 9.16. The van der Waals surface area contributed by atoms with Gasteiger partial charge in [-0.05, 0) is 11.5 Å². The molecule has 1 fully saturated rings. The van der Waals surface area contributed by atoms with Gasteiger partial charge in [0, 0.05) is 24.5 Å². The SMILES string of the molecule is O=C(O)C1CC(=O)N(c2nccc3ccccc23)C1. The van der Waals surface area contributed by atoms with E-state index in [-0.39, 0.29) is 18.9 Å². The normalized spacial score (nSPS) is 19.1. The molecule has 1 saturated heterocycles. The van der Waals surface area contributed by atoms with Crippen LogP contribution >= 0.6 is 0 Å². The van der Waals surface area contributed by atoms with E-state index >= 15 is 0 Å². The molecule has 0 saturated carbocycles. The zero-order chi connectivity index (χ0) is 13.4. The smallest absolute Gasteiger partial charge is 0.308 e. The lowest BCUT2D eigenvalue weighted by atomic mass is 10.1. The minimum absolute atomic E-state index is 0.0419. The molecule has 2 heterocycles. The summed E-state index contributed by atoms with van der Waals surface area (Å²) < 4.78 is 0. The van der Waals surface area contributed by atoms with Gasteiger partial charge in [-0.3, -0.25) is 14.5 Å². The molecule has 1 unspecified atom stereocenters. The van der Waals surface area contributed by atoms with Crippen LogP contribution in [0.3, 0.4) is 0 Å². The third-order valence-electron chi connectivity index (χ3n) is 3.38. The Kier molecular flexibility index (Phi) is 2.67. The van der Waals surface area contributed by atoms with Crippen molar-refractivity contribution >= 4 is 28.5 Å². The van der Waals surface area contributed by atoms with Crippen LogP contribution in [0, 0.1) is 5.92 Å². The van der Waals surface area contributed by atoms with Gasteiger partial charge in [-0.1, -0.05) is 24.3 Å². The average molecular weight is 256 g/mol. The minimum atomic E-state index is -0.934. The second kappa shape index (κ2) is 4.35. The number of nitrogens with zero attached hydrogens (tertiary/aromatic N) is 2. The molecule has 1 aromatic heterocycles. The molecule has 5 nitrogen and oxygen atoms in total. The van der Waals surface area contributed by atoms with E-state index in [1.54, 1.807) is 6.20 Å². The molecular formula is C14H12N2O3. The number of amides is 1. The van der Waals surface area contributed by atoms with Gasteiger partial charge >= 0.3 is 5.97 Å². The molecule has 1 N–H and O–H groups in total. The van der Waals surface area contributed by atoms with Gasteiger partial charge in [0.2, 0.25) is 5.91 Å². The van der Waals surface area contributed by atoms with Gasteiger partial charge in [0.1, 0.15) is 5.82 Å². The van der Waals surface area contributed by atoms with Crippen LogP contribution in [0.15, 0.2) is 36.5 Å². The molecule has 1 amide bonds. The van der Waals surface area contributed by atoms with E-state index in [4.69, 9.17) is 5.11 Å². The van der Waals surface area contributed by atoms with E-state index < -0.39 is 11.9 Å². The third-order valence-corrected chi connectivity index (χ3v) is 3.38. The summed E-state index contributed by atoms with van der Waals surface area (Å²) >= 11 is 0. The van der Waals surface area contributed by atoms with Gasteiger partial charge in [-0.25, -0.2) is 4.98 Å². The summed E-state index contributed by atoms with van der Waals surface area (Å²) in [5.74, 6) is -1.22. The Morgan fingerprint density at radius 3 is 2.84 bits per heavy atom. The molecule has 96 valence electrons. The zero-order valence-electron chi connectivity index (χ0n) is 10.1. The average Bonchev–Trinajstić information content (AvgIpc) is 2.80. The second-order valence-corrected chi connectivity index (χ2v) is 4.60. The Balaban J connectivity index is 2.05. The molecule has 1 aromatic carbocycles. The number of hydrogen-bond acceptors (Lipinski definition) is 3. The van der Waals surface area contributed by atoms with Crippen LogP contribution < -0.4 is 4.90 Å². The molecule has 2 aromatic rings. The predicted octanol–water partition coefficient (Wildman–Crippen LogP) is 1.67. The number of aliphatic carboxylic acids is 1. The number of hydrogen-bond donors (Lipinski definition) is 1. The van der Waals surface area contributed by atoms with Gasteiger partial charge < -0.3 is 5.11 Å². The predicted molar refractivity (Wildman–Crippen MR) is 69.8 cm³/mol. The molecule has 0 aliphatic carbocycles. The maximum absolute atomic E-state index is 12.0. The molecule has 19 heavy (non-hydrogen) atoms. The summed E-state index contributed by atoms with van der Waals surface area (Å²) in [7, 11) is 0. The Morgan fingerprint density at radius 1 is 1.32 bits per heavy atom. The van der Waals surface area contributed by atoms with E-state index in [1.165, 1.54) is 4.90 Å². The lowest BCUT2D eigenvalue weighted by molar-refractivity contribution is -0.141. The number of carboxylic acids is 1. The highest BCUT2D eigenvalue weighted by Gasteiger charge is 2.36. The highest BCUT2D eigenvalue weighted by Crippen LogP contribution is 2.29. The lowest BCUT2D eigenvalue weighted by Crippen LogP contribution is -2.26. The number of fused-ring (bicyclic) bond motifs is 1. The Bertz CT molecular complexity index is 663. The monoisotopic (exact) mass is 256 g/mol. The largest absolute Gasteiger partial charge is 0.481 e. The van der Waals surface area contributed by atoms with Gasteiger partial charge in [0.25, 0.3) is 0 Å². The number of carboxylic acid groups (broad SMARTS) is 1. The van der Waals surface area contributed by atoms with E-state index in [0.29, 0.717) is 5.82 Å². The van der Waals surface area contributed by atoms with Crippen LogP contribution in [-0.4, -0.2) is 28.5 Å². The van der Waals surface area contributed by atoms with Crippen molar-refractivity contribution in [3.63, 3.8) is 0 Å². The van der Waals surface area contributed by atoms with E-state index in [2.05, 4.69) is 4.98 Å². The number of rotatable bonds is 2. The van der Waals surface area contributed by atoms with Crippen LogP contribution in [0.2, 0.25) is 0 Å². The van der Waals surface area contributed by atoms with Crippen molar-refractivity contribution in [1.82, 2.24) is 4.98 Å². The molecule has 5 heteroatoms. The maximum Gasteiger partial charge on any atom is 0.308 e. The molecule has 1 aliphatic heterocycles. The summed E-state index contributed by atoms with van der Waals surface area (Å²) in [4.78, 5) is 28.7. The van der Waals surface area contributed by atoms with Crippen LogP contribution in [0.5, 0.6) is 0 Å². The van der Waals surface area contributed by atoms with Gasteiger partial charge in [-0.15, -0.1) is 0 Å². The Hall–Kier alpha value is -2.43. The Labute approximate surface area is 109 Å². The van der Waals surface area contributed by atoms with E-state index in [1.807, 2.05) is 30.3 Å². The quantitative estimate of drug-likeness (QED) is 0.887. The summed E-state index contributed by atoms with van der Waals surface area (Å²) in [6.45, 7) is 0.190. The fourth-order valence-corrected chi connectivity index (χ4v) is 2.40. The van der Waals surface area contributed by atoms with Crippen LogP contribution in [0.1, 0.15) is 6.42 Å². The number of pyridine rings is 1. The van der Waals surface area contributed by atoms with Crippen molar-refractivity contribution in [2.45, 2.75) is 6.42 Å². The molecule has 1 atom stereocenters. The third kappa shape index (κ3) is 1.93. The lowest BCUT2D eigenvalue weighted by Gasteiger charge is -2.16. The summed E-state index contributed by atoms with van der Waals surface area (Å²) in [6.07, 6.45) is 1.68. The van der Waals surface area contributed by atoms with E-state index in [0.717, 1.165) is 10.8 Å². The molecule has 3 rings (SSSR count). The van der Waals surface area contributed by atoms with Crippen molar-refractivity contribution < 1.29 is 14.7 Å². The Morgan fingerprint density at radius 2 is 2.11 bits per heavy atom. The second-order valence-electron chi connectivity index (χ2n) is 4.60. The summed E-state index contributed by atoms with van der Waals surface area (Å²) in [5, 5.41) is 10.9. The molecule has 0 spiro atoms. The van der Waals surface area contributed by atoms with Crippen LogP contribution in [0.4, 0.5) is 5.82 Å². The highest BCUT2D eigenvalue weighted by molar-refractivity contribution is 6.05. The van der Waals surface area contributed by atoms with Crippen LogP contribution in [0.25, 0.3) is 10.8 Å². The molecule has 0 radical (unpaired) electrons.